The van der Waals surface area contributed by atoms with Crippen molar-refractivity contribution in [2.75, 3.05) is 13.1 Å². The Kier molecular flexibility index (Phi) is 4.00. The number of nitrogens with zero attached hydrogens (tertiary/aromatic N) is 3. The van der Waals surface area contributed by atoms with Crippen LogP contribution in [0, 0.1) is 5.92 Å². The molecule has 1 aromatic rings. The minimum absolute atomic E-state index is 0.0128. The Bertz CT molecular complexity index is 614. The van der Waals surface area contributed by atoms with Crippen molar-refractivity contribution in [2.24, 2.45) is 13.0 Å². The zero-order chi connectivity index (χ0) is 15.7. The van der Waals surface area contributed by atoms with Crippen molar-refractivity contribution in [3.8, 4) is 0 Å². The highest BCUT2D eigenvalue weighted by molar-refractivity contribution is 5.90. The molecular weight excluding hydrogens is 280 g/mol. The number of likely N-dealkylation sites (tertiary alicyclic amines) is 1. The number of aromatic nitrogens is 2. The minimum Gasteiger partial charge on any atom is -0.350 e. The van der Waals surface area contributed by atoms with Crippen molar-refractivity contribution in [3.63, 3.8) is 0 Å². The minimum atomic E-state index is -0.107. The largest absolute Gasteiger partial charge is 0.350 e. The summed E-state index contributed by atoms with van der Waals surface area (Å²) in [4.78, 5) is 25.2. The Balaban J connectivity index is 1.55. The third-order valence-corrected chi connectivity index (χ3v) is 4.62. The molecule has 0 spiro atoms. The quantitative estimate of drug-likeness (QED) is 0.826. The molecule has 6 heteroatoms. The second kappa shape index (κ2) is 5.94. The maximum atomic E-state index is 12.2. The van der Waals surface area contributed by atoms with E-state index in [1.54, 1.807) is 4.90 Å². The van der Waals surface area contributed by atoms with Crippen LogP contribution in [0.25, 0.3) is 0 Å². The molecule has 0 atom stereocenters. The summed E-state index contributed by atoms with van der Waals surface area (Å²) in [5.74, 6) is -0.198. The van der Waals surface area contributed by atoms with Crippen LogP contribution in [0.2, 0.25) is 0 Å². The summed E-state index contributed by atoms with van der Waals surface area (Å²) in [7, 11) is 1.94. The van der Waals surface area contributed by atoms with Crippen molar-refractivity contribution in [1.29, 1.82) is 0 Å². The molecule has 0 unspecified atom stereocenters. The zero-order valence-electron chi connectivity index (χ0n) is 13.0. The van der Waals surface area contributed by atoms with Gasteiger partial charge in [0.25, 0.3) is 0 Å². The number of hydrogen-bond donors (Lipinski definition) is 1. The van der Waals surface area contributed by atoms with Crippen LogP contribution in [0.1, 0.15) is 29.8 Å². The number of amides is 2. The number of fused-ring (bicyclic) bond motifs is 1. The van der Waals surface area contributed by atoms with E-state index >= 15 is 0 Å². The van der Waals surface area contributed by atoms with Gasteiger partial charge in [-0.3, -0.25) is 14.3 Å². The second-order valence-corrected chi connectivity index (χ2v) is 6.06. The van der Waals surface area contributed by atoms with Crippen molar-refractivity contribution < 1.29 is 9.59 Å². The molecule has 6 nitrogen and oxygen atoms in total. The predicted octanol–water partition coefficient (Wildman–Crippen LogP) is 0.559. The first-order chi connectivity index (χ1) is 10.6. The number of hydrogen-bond acceptors (Lipinski definition) is 3. The molecule has 2 aliphatic rings. The fourth-order valence-corrected chi connectivity index (χ4v) is 3.24. The van der Waals surface area contributed by atoms with Gasteiger partial charge in [-0.05, 0) is 37.3 Å². The highest BCUT2D eigenvalue weighted by Crippen LogP contribution is 2.23. The van der Waals surface area contributed by atoms with E-state index in [2.05, 4.69) is 17.0 Å². The summed E-state index contributed by atoms with van der Waals surface area (Å²) in [6, 6.07) is 0. The zero-order valence-corrected chi connectivity index (χ0v) is 13.0. The Morgan fingerprint density at radius 2 is 2.09 bits per heavy atom. The predicted molar refractivity (Wildman–Crippen MR) is 82.0 cm³/mol. The van der Waals surface area contributed by atoms with E-state index in [4.69, 9.17) is 0 Å². The summed E-state index contributed by atoms with van der Waals surface area (Å²) in [6.45, 7) is 4.94. The van der Waals surface area contributed by atoms with E-state index in [9.17, 15) is 9.59 Å². The molecule has 3 rings (SSSR count). The van der Waals surface area contributed by atoms with Crippen LogP contribution < -0.4 is 5.32 Å². The van der Waals surface area contributed by atoms with Crippen LogP contribution in [0.5, 0.6) is 0 Å². The first kappa shape index (κ1) is 14.8. The standard InChI is InChI=1S/C16H22N4O2/c1-3-15(21)20-9-11(10-20)16(22)17-8-14-12-6-4-5-7-13(12)18-19(14)2/h3,11H,1,4-10H2,2H3,(H,17,22). The van der Waals surface area contributed by atoms with E-state index < -0.39 is 0 Å². The maximum Gasteiger partial charge on any atom is 0.246 e. The molecular formula is C16H22N4O2. The van der Waals surface area contributed by atoms with E-state index in [1.165, 1.54) is 30.2 Å². The third-order valence-electron chi connectivity index (χ3n) is 4.62. The highest BCUT2D eigenvalue weighted by atomic mass is 16.2. The fraction of sp³-hybridized carbons (Fsp3) is 0.562. The molecule has 1 aromatic heterocycles. The fourth-order valence-electron chi connectivity index (χ4n) is 3.24. The number of nitrogens with one attached hydrogen (secondary N) is 1. The molecule has 1 saturated heterocycles. The summed E-state index contributed by atoms with van der Waals surface area (Å²) in [5, 5.41) is 7.55. The second-order valence-electron chi connectivity index (χ2n) is 6.06. The van der Waals surface area contributed by atoms with Gasteiger partial charge in [0.2, 0.25) is 11.8 Å². The molecule has 0 saturated carbocycles. The van der Waals surface area contributed by atoms with Gasteiger partial charge in [0.1, 0.15) is 0 Å². The van der Waals surface area contributed by atoms with Gasteiger partial charge in [0.05, 0.1) is 23.9 Å². The molecule has 2 heterocycles. The lowest BCUT2D eigenvalue weighted by Crippen LogP contribution is -2.55. The molecule has 118 valence electrons. The third kappa shape index (κ3) is 2.65. The SMILES string of the molecule is C=CC(=O)N1CC(C(=O)NCc2c3c(nn2C)CCCC3)C1. The summed E-state index contributed by atoms with van der Waals surface area (Å²) >= 11 is 0. The van der Waals surface area contributed by atoms with Gasteiger partial charge < -0.3 is 10.2 Å². The van der Waals surface area contributed by atoms with Gasteiger partial charge >= 0.3 is 0 Å². The van der Waals surface area contributed by atoms with Crippen LogP contribution in [0.15, 0.2) is 12.7 Å². The highest BCUT2D eigenvalue weighted by Gasteiger charge is 2.34. The number of carbonyl (C=O) groups excluding carboxylic acids is 2. The van der Waals surface area contributed by atoms with Crippen molar-refractivity contribution in [3.05, 3.63) is 29.6 Å². The van der Waals surface area contributed by atoms with Crippen LogP contribution in [0.4, 0.5) is 0 Å². The molecule has 1 N–H and O–H groups in total. The first-order valence-electron chi connectivity index (χ1n) is 7.83. The molecule has 0 radical (unpaired) electrons. The molecule has 1 aliphatic carbocycles. The summed E-state index contributed by atoms with van der Waals surface area (Å²) < 4.78 is 1.89. The Morgan fingerprint density at radius 3 is 2.82 bits per heavy atom. The molecule has 1 aliphatic heterocycles. The van der Waals surface area contributed by atoms with E-state index in [0.717, 1.165) is 18.5 Å². The van der Waals surface area contributed by atoms with Gasteiger partial charge in [0, 0.05) is 20.1 Å². The first-order valence-corrected chi connectivity index (χ1v) is 7.83. The monoisotopic (exact) mass is 302 g/mol. The van der Waals surface area contributed by atoms with Crippen molar-refractivity contribution in [1.82, 2.24) is 20.0 Å². The average molecular weight is 302 g/mol. The Labute approximate surface area is 130 Å². The smallest absolute Gasteiger partial charge is 0.246 e. The molecule has 0 aromatic carbocycles. The topological polar surface area (TPSA) is 67.2 Å². The van der Waals surface area contributed by atoms with Crippen molar-refractivity contribution in [2.45, 2.75) is 32.2 Å². The molecule has 1 fully saturated rings. The number of rotatable bonds is 4. The van der Waals surface area contributed by atoms with Gasteiger partial charge in [-0.15, -0.1) is 0 Å². The lowest BCUT2D eigenvalue weighted by molar-refractivity contribution is -0.139. The van der Waals surface area contributed by atoms with E-state index in [1.807, 2.05) is 11.7 Å². The van der Waals surface area contributed by atoms with E-state index in [-0.39, 0.29) is 17.7 Å². The van der Waals surface area contributed by atoms with Gasteiger partial charge in [-0.2, -0.15) is 5.10 Å². The van der Waals surface area contributed by atoms with Gasteiger partial charge in [-0.1, -0.05) is 6.58 Å². The molecule has 2 amide bonds. The Hall–Kier alpha value is -2.11. The Morgan fingerprint density at radius 1 is 1.36 bits per heavy atom. The number of aryl methyl sites for hydroxylation is 2. The van der Waals surface area contributed by atoms with Crippen LogP contribution in [-0.4, -0.2) is 39.6 Å². The van der Waals surface area contributed by atoms with E-state index in [0.29, 0.717) is 19.6 Å². The lowest BCUT2D eigenvalue weighted by Gasteiger charge is -2.37. The average Bonchev–Trinajstić information content (AvgIpc) is 2.78. The lowest BCUT2D eigenvalue weighted by atomic mass is 9.95. The van der Waals surface area contributed by atoms with Gasteiger partial charge in [-0.25, -0.2) is 0 Å². The maximum absolute atomic E-state index is 12.2. The number of carbonyl (C=O) groups is 2. The van der Waals surface area contributed by atoms with Crippen molar-refractivity contribution >= 4 is 11.8 Å². The van der Waals surface area contributed by atoms with Gasteiger partial charge in [0.15, 0.2) is 0 Å². The van der Waals surface area contributed by atoms with Crippen LogP contribution in [0.3, 0.4) is 0 Å². The van der Waals surface area contributed by atoms with Crippen LogP contribution in [-0.2, 0) is 36.0 Å². The summed E-state index contributed by atoms with van der Waals surface area (Å²) in [6.07, 6.45) is 5.78. The molecule has 0 bridgehead atoms. The normalized spacial score (nSPS) is 17.6. The molecule has 22 heavy (non-hydrogen) atoms. The summed E-state index contributed by atoms with van der Waals surface area (Å²) in [5.41, 5.74) is 3.61. The van der Waals surface area contributed by atoms with Crippen LogP contribution >= 0.6 is 0 Å².